The molecule has 0 saturated carbocycles. The molecular formula is C21H34O6S. The summed E-state index contributed by atoms with van der Waals surface area (Å²) in [5.41, 5.74) is -1.26. The second-order valence-corrected chi connectivity index (χ2v) is 10.8. The molecule has 0 atom stereocenters. The summed E-state index contributed by atoms with van der Waals surface area (Å²) < 4.78 is 41.5. The monoisotopic (exact) mass is 414 g/mol. The molecule has 1 aromatic carbocycles. The second kappa shape index (κ2) is 8.93. The van der Waals surface area contributed by atoms with Crippen LogP contribution in [0, 0.1) is 6.92 Å². The van der Waals surface area contributed by atoms with Gasteiger partial charge in [0.25, 0.3) is 10.1 Å². The summed E-state index contributed by atoms with van der Waals surface area (Å²) in [6, 6.07) is 6.51. The predicted molar refractivity (Wildman–Crippen MR) is 109 cm³/mol. The third kappa shape index (κ3) is 9.17. The molecule has 0 spiro atoms. The maximum absolute atomic E-state index is 12.5. The van der Waals surface area contributed by atoms with Gasteiger partial charge in [0.1, 0.15) is 5.60 Å². The largest absolute Gasteiger partial charge is 0.460 e. The van der Waals surface area contributed by atoms with Crippen molar-refractivity contribution in [2.45, 2.75) is 89.9 Å². The molecule has 0 amide bonds. The Morgan fingerprint density at radius 3 is 1.96 bits per heavy atom. The smallest absolute Gasteiger partial charge is 0.309 e. The Morgan fingerprint density at radius 2 is 1.46 bits per heavy atom. The zero-order valence-corrected chi connectivity index (χ0v) is 19.1. The van der Waals surface area contributed by atoms with Crippen LogP contribution in [0.2, 0.25) is 0 Å². The van der Waals surface area contributed by atoms with Gasteiger partial charge in [0, 0.05) is 6.42 Å². The van der Waals surface area contributed by atoms with E-state index in [-0.39, 0.29) is 23.9 Å². The average molecular weight is 415 g/mol. The van der Waals surface area contributed by atoms with Gasteiger partial charge in [-0.3, -0.25) is 8.98 Å². The number of ether oxygens (including phenoxy) is 2. The fraction of sp³-hybridized carbons (Fsp3) is 0.667. The van der Waals surface area contributed by atoms with Gasteiger partial charge in [-0.25, -0.2) is 0 Å². The van der Waals surface area contributed by atoms with Crippen molar-refractivity contribution < 1.29 is 26.9 Å². The topological polar surface area (TPSA) is 78.9 Å². The van der Waals surface area contributed by atoms with Crippen molar-refractivity contribution >= 4 is 16.1 Å². The highest BCUT2D eigenvalue weighted by Gasteiger charge is 2.31. The quantitative estimate of drug-likeness (QED) is 0.440. The number of carbonyl (C=O) groups is 1. The zero-order chi connectivity index (χ0) is 21.8. The summed E-state index contributed by atoms with van der Waals surface area (Å²) in [6.07, 6.45) is 0.447. The number of esters is 1. The Morgan fingerprint density at radius 1 is 0.929 bits per heavy atom. The molecule has 0 unspecified atom stereocenters. The van der Waals surface area contributed by atoms with Gasteiger partial charge in [0.15, 0.2) is 0 Å². The van der Waals surface area contributed by atoms with Crippen molar-refractivity contribution in [1.82, 2.24) is 0 Å². The molecule has 0 heterocycles. The molecule has 0 aliphatic rings. The van der Waals surface area contributed by atoms with E-state index in [1.165, 1.54) is 12.1 Å². The Labute approximate surface area is 169 Å². The molecule has 7 heteroatoms. The molecule has 28 heavy (non-hydrogen) atoms. The number of benzene rings is 1. The van der Waals surface area contributed by atoms with Gasteiger partial charge in [-0.05, 0) is 67.5 Å². The fourth-order valence-corrected chi connectivity index (χ4v) is 3.68. The number of carbonyl (C=O) groups excluding carboxylic acids is 1. The van der Waals surface area contributed by atoms with Crippen LogP contribution in [0.15, 0.2) is 29.2 Å². The fourth-order valence-electron chi connectivity index (χ4n) is 2.44. The van der Waals surface area contributed by atoms with Crippen LogP contribution < -0.4 is 0 Å². The highest BCUT2D eigenvalue weighted by atomic mass is 32.2. The molecule has 1 aromatic rings. The summed E-state index contributed by atoms with van der Waals surface area (Å²) in [4.78, 5) is 12.1. The molecule has 160 valence electrons. The molecular weight excluding hydrogens is 380 g/mol. The minimum absolute atomic E-state index is 0.104. The second-order valence-electron chi connectivity index (χ2n) is 9.23. The number of hydrogen-bond acceptors (Lipinski definition) is 6. The van der Waals surface area contributed by atoms with E-state index in [0.29, 0.717) is 6.42 Å². The lowest BCUT2D eigenvalue weighted by Gasteiger charge is -2.29. The summed E-state index contributed by atoms with van der Waals surface area (Å²) in [5, 5.41) is 0. The van der Waals surface area contributed by atoms with Gasteiger partial charge in [-0.15, -0.1) is 0 Å². The van der Waals surface area contributed by atoms with Gasteiger partial charge in [-0.1, -0.05) is 17.7 Å². The molecule has 1 rings (SSSR count). The molecule has 0 saturated heterocycles. The first-order chi connectivity index (χ1) is 12.5. The van der Waals surface area contributed by atoms with Crippen LogP contribution in [0.25, 0.3) is 0 Å². The Kier molecular flexibility index (Phi) is 7.84. The summed E-state index contributed by atoms with van der Waals surface area (Å²) >= 11 is 0. The number of aryl methyl sites for hydroxylation is 1. The summed E-state index contributed by atoms with van der Waals surface area (Å²) in [7, 11) is -3.87. The molecule has 0 radical (unpaired) electrons. The number of rotatable bonds is 9. The van der Waals surface area contributed by atoms with E-state index in [1.807, 2.05) is 27.7 Å². The minimum atomic E-state index is -3.87. The Balaban J connectivity index is 2.60. The summed E-state index contributed by atoms with van der Waals surface area (Å²) in [6.45, 7) is 14.6. The molecule has 0 aliphatic carbocycles. The lowest BCUT2D eigenvalue weighted by atomic mass is 10.0. The molecule has 6 nitrogen and oxygen atoms in total. The molecule has 0 aliphatic heterocycles. The molecule has 0 bridgehead atoms. The van der Waals surface area contributed by atoms with E-state index in [1.54, 1.807) is 39.8 Å². The lowest BCUT2D eigenvalue weighted by Crippen LogP contribution is -2.35. The van der Waals surface area contributed by atoms with E-state index >= 15 is 0 Å². The normalized spacial score (nSPS) is 13.4. The number of hydrogen-bond donors (Lipinski definition) is 0. The lowest BCUT2D eigenvalue weighted by molar-refractivity contribution is -0.161. The van der Waals surface area contributed by atoms with Gasteiger partial charge in [0.05, 0.1) is 29.1 Å². The van der Waals surface area contributed by atoms with E-state index in [2.05, 4.69) is 0 Å². The summed E-state index contributed by atoms with van der Waals surface area (Å²) in [5.74, 6) is -0.338. The minimum Gasteiger partial charge on any atom is -0.460 e. The Bertz CT molecular complexity index is 755. The third-order valence-corrected chi connectivity index (χ3v) is 5.35. The highest BCUT2D eigenvalue weighted by molar-refractivity contribution is 7.86. The molecule has 0 N–H and O–H groups in total. The first kappa shape index (κ1) is 24.6. The van der Waals surface area contributed by atoms with Gasteiger partial charge < -0.3 is 9.47 Å². The average Bonchev–Trinajstić information content (AvgIpc) is 2.42. The van der Waals surface area contributed by atoms with Crippen molar-refractivity contribution in [3.05, 3.63) is 29.8 Å². The first-order valence-electron chi connectivity index (χ1n) is 9.40. The SMILES string of the molecule is Cc1ccc(S(=O)(=O)OC(C)(C)CCOC(C)(C)CC(=O)OC(C)(C)C)cc1. The Hall–Kier alpha value is -1.44. The van der Waals surface area contributed by atoms with Crippen molar-refractivity contribution in [2.24, 2.45) is 0 Å². The zero-order valence-electron chi connectivity index (χ0n) is 18.3. The van der Waals surface area contributed by atoms with Crippen LogP contribution >= 0.6 is 0 Å². The van der Waals surface area contributed by atoms with E-state index in [0.717, 1.165) is 5.56 Å². The van der Waals surface area contributed by atoms with Crippen LogP contribution in [-0.2, 0) is 28.6 Å². The highest BCUT2D eigenvalue weighted by Crippen LogP contribution is 2.25. The first-order valence-corrected chi connectivity index (χ1v) is 10.8. The predicted octanol–water partition coefficient (Wildman–Crippen LogP) is 4.40. The van der Waals surface area contributed by atoms with Crippen LogP contribution in [-0.4, -0.2) is 37.8 Å². The van der Waals surface area contributed by atoms with E-state index in [9.17, 15) is 13.2 Å². The van der Waals surface area contributed by atoms with Crippen molar-refractivity contribution in [3.8, 4) is 0 Å². The van der Waals surface area contributed by atoms with Gasteiger partial charge in [-0.2, -0.15) is 8.42 Å². The van der Waals surface area contributed by atoms with Crippen LogP contribution in [0.5, 0.6) is 0 Å². The maximum atomic E-state index is 12.5. The van der Waals surface area contributed by atoms with E-state index in [4.69, 9.17) is 13.7 Å². The van der Waals surface area contributed by atoms with E-state index < -0.39 is 26.9 Å². The van der Waals surface area contributed by atoms with Crippen LogP contribution in [0.3, 0.4) is 0 Å². The van der Waals surface area contributed by atoms with Crippen molar-refractivity contribution in [2.75, 3.05) is 6.61 Å². The van der Waals surface area contributed by atoms with Gasteiger partial charge in [0.2, 0.25) is 0 Å². The van der Waals surface area contributed by atoms with Crippen molar-refractivity contribution in [1.29, 1.82) is 0 Å². The van der Waals surface area contributed by atoms with Gasteiger partial charge >= 0.3 is 5.97 Å². The molecule has 0 aromatic heterocycles. The van der Waals surface area contributed by atoms with Crippen molar-refractivity contribution in [3.63, 3.8) is 0 Å². The molecule has 0 fully saturated rings. The standard InChI is InChI=1S/C21H34O6S/c1-16-9-11-17(12-10-16)28(23,24)27-20(5,6)13-14-25-21(7,8)15-18(22)26-19(2,3)4/h9-12H,13-15H2,1-8H3. The maximum Gasteiger partial charge on any atom is 0.309 e. The van der Waals surface area contributed by atoms with Crippen LogP contribution in [0.4, 0.5) is 0 Å². The third-order valence-electron chi connectivity index (χ3n) is 3.83. The van der Waals surface area contributed by atoms with Crippen LogP contribution in [0.1, 0.15) is 66.9 Å².